The number of carbonyl (C=O) groups excluding carboxylic acids is 1. The highest BCUT2D eigenvalue weighted by atomic mass is 16.3. The lowest BCUT2D eigenvalue weighted by atomic mass is 10.1. The van der Waals surface area contributed by atoms with Crippen LogP contribution in [0.15, 0.2) is 10.8 Å². The molecule has 1 amide bonds. The maximum atomic E-state index is 12.9. The third-order valence-electron chi connectivity index (χ3n) is 4.74. The number of fused-ring (bicyclic) bond motifs is 1. The molecular formula is C16H21N5O2. The molecule has 0 saturated heterocycles. The molecule has 1 fully saturated rings. The van der Waals surface area contributed by atoms with E-state index in [4.69, 9.17) is 4.42 Å². The van der Waals surface area contributed by atoms with Gasteiger partial charge in [-0.25, -0.2) is 4.98 Å². The van der Waals surface area contributed by atoms with Gasteiger partial charge in [0, 0.05) is 24.9 Å². The Bertz CT molecular complexity index is 743. The van der Waals surface area contributed by atoms with Crippen LogP contribution in [-0.4, -0.2) is 37.1 Å². The summed E-state index contributed by atoms with van der Waals surface area (Å²) in [6.45, 7) is 7.56. The summed E-state index contributed by atoms with van der Waals surface area (Å²) in [5.41, 5.74) is 0.817. The predicted molar refractivity (Wildman–Crippen MR) is 82.0 cm³/mol. The van der Waals surface area contributed by atoms with Crippen molar-refractivity contribution in [2.24, 2.45) is 0 Å². The molecule has 0 radical (unpaired) electrons. The highest BCUT2D eigenvalue weighted by molar-refractivity contribution is 5.93. The summed E-state index contributed by atoms with van der Waals surface area (Å²) in [6.07, 6.45) is 3.57. The smallest absolute Gasteiger partial charge is 0.292 e. The molecule has 2 aliphatic rings. The second-order valence-electron chi connectivity index (χ2n) is 6.74. The number of nitrogens with zero attached hydrogens (tertiary/aromatic N) is 5. The van der Waals surface area contributed by atoms with E-state index in [1.165, 1.54) is 6.39 Å². The Hall–Kier alpha value is -2.18. The Morgan fingerprint density at radius 1 is 1.30 bits per heavy atom. The molecule has 0 aromatic carbocycles. The predicted octanol–water partition coefficient (Wildman–Crippen LogP) is 2.48. The van der Waals surface area contributed by atoms with Crippen molar-refractivity contribution >= 4 is 5.91 Å². The van der Waals surface area contributed by atoms with Gasteiger partial charge in [-0.3, -0.25) is 4.79 Å². The second kappa shape index (κ2) is 5.18. The van der Waals surface area contributed by atoms with Crippen molar-refractivity contribution < 1.29 is 9.21 Å². The van der Waals surface area contributed by atoms with Gasteiger partial charge in [-0.05, 0) is 19.8 Å². The number of oxazole rings is 1. The fourth-order valence-corrected chi connectivity index (χ4v) is 3.30. The Kier molecular flexibility index (Phi) is 3.25. The number of hydrogen-bond donors (Lipinski definition) is 0. The van der Waals surface area contributed by atoms with Crippen molar-refractivity contribution in [1.29, 1.82) is 0 Å². The summed E-state index contributed by atoms with van der Waals surface area (Å²) >= 11 is 0. The molecule has 1 saturated carbocycles. The van der Waals surface area contributed by atoms with Gasteiger partial charge in [0.05, 0.1) is 11.7 Å². The molecule has 1 atom stereocenters. The lowest BCUT2D eigenvalue weighted by molar-refractivity contribution is 0.0601. The van der Waals surface area contributed by atoms with Gasteiger partial charge in [-0.1, -0.05) is 13.8 Å². The maximum Gasteiger partial charge on any atom is 0.292 e. The minimum absolute atomic E-state index is 0.0859. The molecule has 7 heteroatoms. The zero-order chi connectivity index (χ0) is 16.1. The summed E-state index contributed by atoms with van der Waals surface area (Å²) in [6, 6.07) is -0.117. The second-order valence-corrected chi connectivity index (χ2v) is 6.74. The average molecular weight is 315 g/mol. The number of aromatic nitrogens is 4. The summed E-state index contributed by atoms with van der Waals surface area (Å²) in [5, 5.41) is 8.61. The molecule has 23 heavy (non-hydrogen) atoms. The minimum Gasteiger partial charge on any atom is -0.438 e. The Balaban J connectivity index is 1.63. The van der Waals surface area contributed by atoms with Crippen LogP contribution in [0.25, 0.3) is 0 Å². The fourth-order valence-electron chi connectivity index (χ4n) is 3.30. The van der Waals surface area contributed by atoms with Gasteiger partial charge in [0.25, 0.3) is 5.91 Å². The molecule has 3 heterocycles. The molecule has 2 aromatic heterocycles. The normalized spacial score (nSPS) is 20.9. The fraction of sp³-hybridized carbons (Fsp3) is 0.625. The minimum atomic E-state index is -0.117. The first-order valence-electron chi connectivity index (χ1n) is 8.25. The van der Waals surface area contributed by atoms with Gasteiger partial charge in [-0.2, -0.15) is 0 Å². The molecule has 2 aromatic rings. The van der Waals surface area contributed by atoms with Crippen LogP contribution >= 0.6 is 0 Å². The highest BCUT2D eigenvalue weighted by Crippen LogP contribution is 2.41. The first-order chi connectivity index (χ1) is 11.1. The Morgan fingerprint density at radius 3 is 2.78 bits per heavy atom. The van der Waals surface area contributed by atoms with E-state index in [2.05, 4.69) is 33.6 Å². The van der Waals surface area contributed by atoms with Gasteiger partial charge in [0.2, 0.25) is 5.76 Å². The maximum absolute atomic E-state index is 12.9. The number of amides is 1. The van der Waals surface area contributed by atoms with E-state index in [9.17, 15) is 4.79 Å². The molecule has 0 N–H and O–H groups in total. The summed E-state index contributed by atoms with van der Waals surface area (Å²) in [4.78, 5) is 19.0. The summed E-state index contributed by atoms with van der Waals surface area (Å²) in [5.74, 6) is 2.86. The quantitative estimate of drug-likeness (QED) is 0.869. The van der Waals surface area contributed by atoms with Crippen LogP contribution in [0.5, 0.6) is 0 Å². The van der Waals surface area contributed by atoms with Crippen LogP contribution in [0.1, 0.15) is 79.4 Å². The van der Waals surface area contributed by atoms with Crippen molar-refractivity contribution in [3.63, 3.8) is 0 Å². The summed E-state index contributed by atoms with van der Waals surface area (Å²) in [7, 11) is 0. The Morgan fingerprint density at radius 2 is 2.09 bits per heavy atom. The van der Waals surface area contributed by atoms with Crippen LogP contribution in [0.4, 0.5) is 0 Å². The lowest BCUT2D eigenvalue weighted by Gasteiger charge is -2.33. The Labute approximate surface area is 134 Å². The first-order valence-corrected chi connectivity index (χ1v) is 8.25. The van der Waals surface area contributed by atoms with Crippen molar-refractivity contribution in [2.75, 3.05) is 6.54 Å². The van der Waals surface area contributed by atoms with Crippen LogP contribution in [0, 0.1) is 0 Å². The van der Waals surface area contributed by atoms with E-state index in [0.717, 1.165) is 36.7 Å². The van der Waals surface area contributed by atoms with Crippen LogP contribution in [0.3, 0.4) is 0 Å². The number of rotatable bonds is 3. The third-order valence-corrected chi connectivity index (χ3v) is 4.74. The molecular weight excluding hydrogens is 294 g/mol. The van der Waals surface area contributed by atoms with E-state index in [-0.39, 0.29) is 11.9 Å². The standard InChI is InChI=1S/C16H21N5O2/c1-9(2)14-18-19-15-10(3)20(6-7-21(14)15)16(22)13-12(11-4-5-11)17-8-23-13/h8-11H,4-7H2,1-3H3. The van der Waals surface area contributed by atoms with Crippen molar-refractivity contribution in [1.82, 2.24) is 24.6 Å². The zero-order valence-corrected chi connectivity index (χ0v) is 13.7. The van der Waals surface area contributed by atoms with E-state index in [0.29, 0.717) is 24.1 Å². The zero-order valence-electron chi connectivity index (χ0n) is 13.7. The van der Waals surface area contributed by atoms with Gasteiger partial charge < -0.3 is 13.9 Å². The molecule has 0 spiro atoms. The third kappa shape index (κ3) is 2.26. The molecule has 122 valence electrons. The van der Waals surface area contributed by atoms with Gasteiger partial charge in [-0.15, -0.1) is 10.2 Å². The molecule has 1 aliphatic heterocycles. The van der Waals surface area contributed by atoms with Crippen LogP contribution < -0.4 is 0 Å². The first kappa shape index (κ1) is 14.4. The lowest BCUT2D eigenvalue weighted by Crippen LogP contribution is -2.41. The molecule has 4 rings (SSSR count). The van der Waals surface area contributed by atoms with E-state index >= 15 is 0 Å². The van der Waals surface area contributed by atoms with E-state index < -0.39 is 0 Å². The van der Waals surface area contributed by atoms with Gasteiger partial charge in [0.1, 0.15) is 5.82 Å². The molecule has 1 unspecified atom stereocenters. The largest absolute Gasteiger partial charge is 0.438 e. The summed E-state index contributed by atoms with van der Waals surface area (Å²) < 4.78 is 7.56. The average Bonchev–Trinajstić information content (AvgIpc) is 3.09. The van der Waals surface area contributed by atoms with E-state index in [1.807, 2.05) is 11.8 Å². The van der Waals surface area contributed by atoms with Gasteiger partial charge >= 0.3 is 0 Å². The van der Waals surface area contributed by atoms with Crippen LogP contribution in [0.2, 0.25) is 0 Å². The number of hydrogen-bond acceptors (Lipinski definition) is 5. The van der Waals surface area contributed by atoms with E-state index in [1.54, 1.807) is 0 Å². The molecule has 7 nitrogen and oxygen atoms in total. The van der Waals surface area contributed by atoms with Crippen molar-refractivity contribution in [2.45, 2.75) is 58.0 Å². The SMILES string of the molecule is CC(C)c1nnc2n1CCN(C(=O)c1ocnc1C1CC1)C2C. The number of carbonyl (C=O) groups is 1. The molecule has 0 bridgehead atoms. The van der Waals surface area contributed by atoms with Crippen molar-refractivity contribution in [3.8, 4) is 0 Å². The van der Waals surface area contributed by atoms with Crippen LogP contribution in [-0.2, 0) is 6.54 Å². The topological polar surface area (TPSA) is 77.0 Å². The molecule has 1 aliphatic carbocycles. The highest BCUT2D eigenvalue weighted by Gasteiger charge is 2.37. The van der Waals surface area contributed by atoms with Crippen molar-refractivity contribution in [3.05, 3.63) is 29.5 Å². The van der Waals surface area contributed by atoms with Gasteiger partial charge in [0.15, 0.2) is 12.2 Å². The monoisotopic (exact) mass is 315 g/mol.